The molecule has 0 atom stereocenters. The van der Waals surface area contributed by atoms with Crippen LogP contribution in [0.5, 0.6) is 5.75 Å². The number of likely N-dealkylation sites (tertiary alicyclic amines) is 1. The molecule has 1 heterocycles. The highest BCUT2D eigenvalue weighted by atomic mass is 35.5. The molecule has 2 aromatic carbocycles. The molecule has 0 bridgehead atoms. The van der Waals surface area contributed by atoms with E-state index in [1.807, 2.05) is 0 Å². The molecule has 1 saturated heterocycles. The monoisotopic (exact) mass is 403 g/mol. The Morgan fingerprint density at radius 1 is 1.00 bits per heavy atom. The van der Waals surface area contributed by atoms with E-state index >= 15 is 0 Å². The Bertz CT molecular complexity index is 839. The highest BCUT2D eigenvalue weighted by Crippen LogP contribution is 2.27. The molecule has 26 heavy (non-hydrogen) atoms. The Kier molecular flexibility index (Phi) is 5.63. The fourth-order valence-electron chi connectivity index (χ4n) is 2.78. The van der Waals surface area contributed by atoms with Gasteiger partial charge in [0, 0.05) is 32.0 Å². The van der Waals surface area contributed by atoms with Crippen molar-refractivity contribution in [2.75, 3.05) is 13.1 Å². The maximum atomic E-state index is 13.7. The molecule has 0 aliphatic carbocycles. The second-order valence-electron chi connectivity index (χ2n) is 5.93. The zero-order valence-corrected chi connectivity index (χ0v) is 15.0. The summed E-state index contributed by atoms with van der Waals surface area (Å²) < 4.78 is 45.7. The van der Waals surface area contributed by atoms with Crippen molar-refractivity contribution < 1.29 is 22.7 Å². The fraction of sp³-hybridized carbons (Fsp3) is 0.278. The van der Waals surface area contributed by atoms with Crippen LogP contribution in [0.1, 0.15) is 23.2 Å². The molecule has 2 aromatic rings. The summed E-state index contributed by atoms with van der Waals surface area (Å²) in [7, 11) is 0. The van der Waals surface area contributed by atoms with E-state index in [1.54, 1.807) is 0 Å². The van der Waals surface area contributed by atoms with E-state index in [0.717, 1.165) is 18.2 Å². The number of ether oxygens (including phenoxy) is 1. The van der Waals surface area contributed by atoms with Crippen LogP contribution in [-0.4, -0.2) is 30.0 Å². The summed E-state index contributed by atoms with van der Waals surface area (Å²) in [5, 5.41) is -0.0758. The fourth-order valence-corrected chi connectivity index (χ4v) is 3.25. The van der Waals surface area contributed by atoms with Crippen LogP contribution in [0.15, 0.2) is 30.3 Å². The summed E-state index contributed by atoms with van der Waals surface area (Å²) in [6.07, 6.45) is 0.600. The zero-order chi connectivity index (χ0) is 18.8. The third-order valence-corrected chi connectivity index (χ3v) is 4.76. The Morgan fingerprint density at radius 3 is 2.35 bits per heavy atom. The van der Waals surface area contributed by atoms with E-state index in [-0.39, 0.29) is 27.5 Å². The minimum Gasteiger partial charge on any atom is -0.487 e. The molecule has 1 fully saturated rings. The van der Waals surface area contributed by atoms with Gasteiger partial charge in [-0.05, 0) is 24.3 Å². The van der Waals surface area contributed by atoms with Crippen LogP contribution in [0.25, 0.3) is 0 Å². The Labute approximate surface area is 158 Å². The van der Waals surface area contributed by atoms with Gasteiger partial charge in [0.15, 0.2) is 11.6 Å². The first-order valence-corrected chi connectivity index (χ1v) is 8.66. The summed E-state index contributed by atoms with van der Waals surface area (Å²) in [5.41, 5.74) is 0.0394. The molecule has 0 unspecified atom stereocenters. The van der Waals surface area contributed by atoms with Crippen LogP contribution >= 0.6 is 23.2 Å². The van der Waals surface area contributed by atoms with Crippen LogP contribution < -0.4 is 4.74 Å². The number of carbonyl (C=O) groups is 1. The molecule has 0 radical (unpaired) electrons. The van der Waals surface area contributed by atoms with Gasteiger partial charge < -0.3 is 9.64 Å². The minimum absolute atomic E-state index is 0.0287. The van der Waals surface area contributed by atoms with Crippen LogP contribution in [-0.2, 0) is 0 Å². The highest BCUT2D eigenvalue weighted by molar-refractivity contribution is 6.36. The van der Waals surface area contributed by atoms with E-state index in [2.05, 4.69) is 0 Å². The van der Waals surface area contributed by atoms with Crippen molar-refractivity contribution in [1.82, 2.24) is 4.90 Å². The largest absolute Gasteiger partial charge is 0.487 e. The van der Waals surface area contributed by atoms with Crippen LogP contribution in [0.2, 0.25) is 10.0 Å². The number of nitrogens with zero attached hydrogens (tertiary/aromatic N) is 1. The predicted molar refractivity (Wildman–Crippen MR) is 92.3 cm³/mol. The van der Waals surface area contributed by atoms with Crippen LogP contribution in [0, 0.1) is 17.5 Å². The van der Waals surface area contributed by atoms with Crippen molar-refractivity contribution in [3.63, 3.8) is 0 Å². The van der Waals surface area contributed by atoms with Crippen molar-refractivity contribution in [2.24, 2.45) is 0 Å². The van der Waals surface area contributed by atoms with Gasteiger partial charge in [0.2, 0.25) is 0 Å². The topological polar surface area (TPSA) is 29.5 Å². The van der Waals surface area contributed by atoms with Crippen molar-refractivity contribution in [3.8, 4) is 5.75 Å². The first kappa shape index (κ1) is 18.9. The van der Waals surface area contributed by atoms with Crippen LogP contribution in [0.3, 0.4) is 0 Å². The molecule has 138 valence electrons. The summed E-state index contributed by atoms with van der Waals surface area (Å²) >= 11 is 11.6. The molecule has 3 nitrogen and oxygen atoms in total. The van der Waals surface area contributed by atoms with Crippen LogP contribution in [0.4, 0.5) is 13.2 Å². The van der Waals surface area contributed by atoms with Gasteiger partial charge in [0.25, 0.3) is 5.91 Å². The number of rotatable bonds is 3. The maximum Gasteiger partial charge on any atom is 0.255 e. The Morgan fingerprint density at radius 2 is 1.69 bits per heavy atom. The van der Waals surface area contributed by atoms with E-state index < -0.39 is 23.4 Å². The first-order valence-electron chi connectivity index (χ1n) is 7.90. The van der Waals surface area contributed by atoms with Gasteiger partial charge in [0.1, 0.15) is 17.7 Å². The number of hydrogen-bond donors (Lipinski definition) is 0. The molecule has 1 aliphatic heterocycles. The number of piperidine rings is 1. The lowest BCUT2D eigenvalue weighted by atomic mass is 10.1. The highest BCUT2D eigenvalue weighted by Gasteiger charge is 2.27. The normalized spacial score (nSPS) is 15.2. The van der Waals surface area contributed by atoms with Gasteiger partial charge in [-0.25, -0.2) is 13.2 Å². The summed E-state index contributed by atoms with van der Waals surface area (Å²) in [4.78, 5) is 14.1. The molecule has 3 rings (SSSR count). The second-order valence-corrected chi connectivity index (χ2v) is 6.74. The SMILES string of the molecule is O=C(c1cc(F)c(Cl)cc1Cl)N1CCC(Oc2ccc(F)cc2F)CC1. The average molecular weight is 404 g/mol. The van der Waals surface area contributed by atoms with Crippen molar-refractivity contribution in [3.05, 3.63) is 63.4 Å². The third-order valence-electron chi connectivity index (χ3n) is 4.16. The first-order chi connectivity index (χ1) is 12.3. The third kappa shape index (κ3) is 4.07. The lowest BCUT2D eigenvalue weighted by Gasteiger charge is -2.32. The second kappa shape index (κ2) is 7.76. The minimum atomic E-state index is -0.771. The van der Waals surface area contributed by atoms with Crippen molar-refractivity contribution in [1.29, 1.82) is 0 Å². The molecule has 0 aromatic heterocycles. The van der Waals surface area contributed by atoms with Gasteiger partial charge in [-0.2, -0.15) is 0 Å². The van der Waals surface area contributed by atoms with Gasteiger partial charge in [0.05, 0.1) is 15.6 Å². The number of benzene rings is 2. The smallest absolute Gasteiger partial charge is 0.255 e. The Balaban J connectivity index is 1.63. The van der Waals surface area contributed by atoms with E-state index in [9.17, 15) is 18.0 Å². The quantitative estimate of drug-likeness (QED) is 0.667. The molecular formula is C18H14Cl2F3NO2. The van der Waals surface area contributed by atoms with E-state index in [0.29, 0.717) is 25.9 Å². The number of carbonyl (C=O) groups excluding carboxylic acids is 1. The summed E-state index contributed by atoms with van der Waals surface area (Å²) in [5.74, 6) is -2.60. The lowest BCUT2D eigenvalue weighted by Crippen LogP contribution is -2.42. The number of amides is 1. The molecule has 1 aliphatic rings. The van der Waals surface area contributed by atoms with Gasteiger partial charge >= 0.3 is 0 Å². The molecule has 1 amide bonds. The average Bonchev–Trinajstić information content (AvgIpc) is 2.60. The number of hydrogen-bond acceptors (Lipinski definition) is 2. The lowest BCUT2D eigenvalue weighted by molar-refractivity contribution is 0.0588. The maximum absolute atomic E-state index is 13.7. The molecular weight excluding hydrogens is 390 g/mol. The molecule has 0 spiro atoms. The molecule has 8 heteroatoms. The summed E-state index contributed by atoms with van der Waals surface area (Å²) in [6, 6.07) is 5.32. The van der Waals surface area contributed by atoms with E-state index in [4.69, 9.17) is 27.9 Å². The van der Waals surface area contributed by atoms with Crippen molar-refractivity contribution >= 4 is 29.1 Å². The molecule has 0 N–H and O–H groups in total. The van der Waals surface area contributed by atoms with Gasteiger partial charge in [-0.15, -0.1) is 0 Å². The molecule has 0 saturated carbocycles. The number of halogens is 5. The van der Waals surface area contributed by atoms with Gasteiger partial charge in [-0.1, -0.05) is 23.2 Å². The van der Waals surface area contributed by atoms with E-state index in [1.165, 1.54) is 17.0 Å². The standard InChI is InChI=1S/C18H14Cl2F3NO2/c19-13-9-14(20)15(22)8-12(13)18(25)24-5-3-11(4-6-24)26-17-2-1-10(21)7-16(17)23/h1-2,7-9,11H,3-6H2. The zero-order valence-electron chi connectivity index (χ0n) is 13.4. The Hall–Kier alpha value is -1.92. The van der Waals surface area contributed by atoms with Gasteiger partial charge in [-0.3, -0.25) is 4.79 Å². The van der Waals surface area contributed by atoms with Crippen molar-refractivity contribution in [2.45, 2.75) is 18.9 Å². The summed E-state index contributed by atoms with van der Waals surface area (Å²) in [6.45, 7) is 0.680. The predicted octanol–water partition coefficient (Wildman–Crippen LogP) is 5.09.